The lowest BCUT2D eigenvalue weighted by Crippen LogP contribution is -2.20. The molecular formula is C11H12F3NO2. The molecule has 0 unspecified atom stereocenters. The van der Waals surface area contributed by atoms with Gasteiger partial charge in [0.05, 0.1) is 12.0 Å². The van der Waals surface area contributed by atoms with E-state index in [0.29, 0.717) is 0 Å². The van der Waals surface area contributed by atoms with E-state index >= 15 is 0 Å². The van der Waals surface area contributed by atoms with E-state index in [1.807, 2.05) is 0 Å². The van der Waals surface area contributed by atoms with Gasteiger partial charge < -0.3 is 10.4 Å². The zero-order chi connectivity index (χ0) is 12.9. The van der Waals surface area contributed by atoms with E-state index in [1.165, 1.54) is 18.2 Å². The van der Waals surface area contributed by atoms with Crippen molar-refractivity contribution in [2.75, 3.05) is 6.54 Å². The van der Waals surface area contributed by atoms with Crippen molar-refractivity contribution in [1.29, 1.82) is 0 Å². The van der Waals surface area contributed by atoms with Crippen molar-refractivity contribution < 1.29 is 23.1 Å². The van der Waals surface area contributed by atoms with E-state index in [1.54, 1.807) is 0 Å². The summed E-state index contributed by atoms with van der Waals surface area (Å²) >= 11 is 0. The summed E-state index contributed by atoms with van der Waals surface area (Å²) in [6, 6.07) is 5.22. The second kappa shape index (κ2) is 5.67. The lowest BCUT2D eigenvalue weighted by molar-refractivity contribution is -0.139. The number of hydrogen-bond donors (Lipinski definition) is 2. The Morgan fingerprint density at radius 2 is 1.94 bits per heavy atom. The van der Waals surface area contributed by atoms with Gasteiger partial charge in [-0.05, 0) is 11.6 Å². The van der Waals surface area contributed by atoms with E-state index in [4.69, 9.17) is 5.11 Å². The van der Waals surface area contributed by atoms with Gasteiger partial charge in [0.1, 0.15) is 0 Å². The highest BCUT2D eigenvalue weighted by Crippen LogP contribution is 2.31. The second-order valence-corrected chi connectivity index (χ2v) is 3.48. The zero-order valence-electron chi connectivity index (χ0n) is 8.92. The summed E-state index contributed by atoms with van der Waals surface area (Å²) in [7, 11) is 0. The van der Waals surface area contributed by atoms with Gasteiger partial charge in [-0.1, -0.05) is 18.2 Å². The first-order valence-corrected chi connectivity index (χ1v) is 4.99. The molecule has 0 fully saturated rings. The third-order valence-corrected chi connectivity index (χ3v) is 2.15. The molecule has 0 aromatic heterocycles. The molecule has 0 aliphatic heterocycles. The van der Waals surface area contributed by atoms with E-state index in [2.05, 4.69) is 5.32 Å². The highest BCUT2D eigenvalue weighted by molar-refractivity contribution is 5.66. The molecule has 0 bridgehead atoms. The van der Waals surface area contributed by atoms with Gasteiger partial charge in [-0.15, -0.1) is 0 Å². The topological polar surface area (TPSA) is 49.3 Å². The Balaban J connectivity index is 2.62. The van der Waals surface area contributed by atoms with Crippen molar-refractivity contribution >= 4 is 5.97 Å². The summed E-state index contributed by atoms with van der Waals surface area (Å²) in [5.74, 6) is -0.985. The predicted molar refractivity (Wildman–Crippen MR) is 55.4 cm³/mol. The molecule has 0 saturated carbocycles. The Morgan fingerprint density at radius 1 is 1.29 bits per heavy atom. The number of hydrogen-bond acceptors (Lipinski definition) is 2. The molecular weight excluding hydrogens is 235 g/mol. The number of benzene rings is 1. The SMILES string of the molecule is O=C(O)CCNCc1ccccc1C(F)(F)F. The Labute approximate surface area is 96.3 Å². The van der Waals surface area contributed by atoms with Crippen LogP contribution in [0.15, 0.2) is 24.3 Å². The fraction of sp³-hybridized carbons (Fsp3) is 0.364. The Kier molecular flexibility index (Phi) is 4.51. The number of nitrogens with one attached hydrogen (secondary N) is 1. The molecule has 3 nitrogen and oxygen atoms in total. The minimum absolute atomic E-state index is 0.00294. The van der Waals surface area contributed by atoms with Gasteiger partial charge in [-0.25, -0.2) is 0 Å². The summed E-state index contributed by atoms with van der Waals surface area (Å²) in [5, 5.41) is 11.0. The number of carboxylic acid groups (broad SMARTS) is 1. The molecule has 2 N–H and O–H groups in total. The molecule has 1 aromatic rings. The van der Waals surface area contributed by atoms with Crippen LogP contribution >= 0.6 is 0 Å². The first-order valence-electron chi connectivity index (χ1n) is 4.99. The highest BCUT2D eigenvalue weighted by Gasteiger charge is 2.32. The summed E-state index contributed by atoms with van der Waals surface area (Å²) in [4.78, 5) is 10.2. The molecule has 0 aliphatic rings. The van der Waals surface area contributed by atoms with E-state index in [9.17, 15) is 18.0 Å². The Morgan fingerprint density at radius 3 is 2.53 bits per heavy atom. The summed E-state index contributed by atoms with van der Waals surface area (Å²) in [5.41, 5.74) is -0.576. The summed E-state index contributed by atoms with van der Waals surface area (Å²) < 4.78 is 37.7. The van der Waals surface area contributed by atoms with Crippen LogP contribution in [0.2, 0.25) is 0 Å². The second-order valence-electron chi connectivity index (χ2n) is 3.48. The fourth-order valence-corrected chi connectivity index (χ4v) is 1.37. The molecule has 0 aliphatic carbocycles. The van der Waals surface area contributed by atoms with Crippen molar-refractivity contribution in [2.24, 2.45) is 0 Å². The maximum Gasteiger partial charge on any atom is 0.416 e. The van der Waals surface area contributed by atoms with E-state index < -0.39 is 17.7 Å². The third-order valence-electron chi connectivity index (χ3n) is 2.15. The molecule has 0 radical (unpaired) electrons. The van der Waals surface area contributed by atoms with Crippen molar-refractivity contribution in [3.8, 4) is 0 Å². The van der Waals surface area contributed by atoms with Gasteiger partial charge in [-0.2, -0.15) is 13.2 Å². The van der Waals surface area contributed by atoms with Crippen LogP contribution in [-0.4, -0.2) is 17.6 Å². The minimum atomic E-state index is -4.38. The van der Waals surface area contributed by atoms with Gasteiger partial charge >= 0.3 is 12.1 Å². The molecule has 6 heteroatoms. The molecule has 1 rings (SSSR count). The summed E-state index contributed by atoms with van der Waals surface area (Å²) in [6.45, 7) is 0.143. The molecule has 17 heavy (non-hydrogen) atoms. The van der Waals surface area contributed by atoms with Crippen LogP contribution in [-0.2, 0) is 17.5 Å². The molecule has 1 aromatic carbocycles. The fourth-order valence-electron chi connectivity index (χ4n) is 1.37. The predicted octanol–water partition coefficient (Wildman–Crippen LogP) is 2.27. The first kappa shape index (κ1) is 13.5. The molecule has 0 heterocycles. The van der Waals surface area contributed by atoms with Gasteiger partial charge in [0, 0.05) is 13.1 Å². The number of aliphatic carboxylic acids is 1. The first-order chi connectivity index (χ1) is 7.91. The quantitative estimate of drug-likeness (QED) is 0.785. The van der Waals surface area contributed by atoms with Crippen LogP contribution in [0.25, 0.3) is 0 Å². The summed E-state index contributed by atoms with van der Waals surface area (Å²) in [6.07, 6.45) is -4.50. The zero-order valence-corrected chi connectivity index (χ0v) is 8.92. The van der Waals surface area contributed by atoms with Gasteiger partial charge in [0.25, 0.3) is 0 Å². The molecule has 0 amide bonds. The van der Waals surface area contributed by atoms with Crippen LogP contribution < -0.4 is 5.32 Å². The highest BCUT2D eigenvalue weighted by atomic mass is 19.4. The maximum absolute atomic E-state index is 12.6. The van der Waals surface area contributed by atoms with Gasteiger partial charge in [-0.3, -0.25) is 4.79 Å². The normalized spacial score (nSPS) is 11.5. The number of carboxylic acids is 1. The molecule has 0 atom stereocenters. The van der Waals surface area contributed by atoms with Gasteiger partial charge in [0.15, 0.2) is 0 Å². The number of carbonyl (C=O) groups is 1. The van der Waals surface area contributed by atoms with E-state index in [0.717, 1.165) is 6.07 Å². The average molecular weight is 247 g/mol. The largest absolute Gasteiger partial charge is 0.481 e. The Hall–Kier alpha value is -1.56. The van der Waals surface area contributed by atoms with Crippen molar-refractivity contribution in [3.63, 3.8) is 0 Å². The minimum Gasteiger partial charge on any atom is -0.481 e. The number of halogens is 3. The lowest BCUT2D eigenvalue weighted by Gasteiger charge is -2.12. The van der Waals surface area contributed by atoms with Crippen molar-refractivity contribution in [1.82, 2.24) is 5.32 Å². The molecule has 0 spiro atoms. The van der Waals surface area contributed by atoms with Crippen molar-refractivity contribution in [3.05, 3.63) is 35.4 Å². The van der Waals surface area contributed by atoms with Crippen molar-refractivity contribution in [2.45, 2.75) is 19.1 Å². The van der Waals surface area contributed by atoms with Gasteiger partial charge in [0.2, 0.25) is 0 Å². The van der Waals surface area contributed by atoms with Crippen LogP contribution in [0.5, 0.6) is 0 Å². The van der Waals surface area contributed by atoms with Crippen LogP contribution in [0, 0.1) is 0 Å². The lowest BCUT2D eigenvalue weighted by atomic mass is 10.1. The Bertz CT molecular complexity index is 391. The molecule has 0 saturated heterocycles. The standard InChI is InChI=1S/C11H12F3NO2/c12-11(13,14)9-4-2-1-3-8(9)7-15-6-5-10(16)17/h1-4,15H,5-7H2,(H,16,17). The smallest absolute Gasteiger partial charge is 0.416 e. The van der Waals surface area contributed by atoms with Crippen LogP contribution in [0.4, 0.5) is 13.2 Å². The number of alkyl halides is 3. The third kappa shape index (κ3) is 4.44. The van der Waals surface area contributed by atoms with Crippen LogP contribution in [0.3, 0.4) is 0 Å². The molecule has 94 valence electrons. The van der Waals surface area contributed by atoms with Crippen LogP contribution in [0.1, 0.15) is 17.5 Å². The number of rotatable bonds is 5. The monoisotopic (exact) mass is 247 g/mol. The average Bonchev–Trinajstić information content (AvgIpc) is 2.23. The van der Waals surface area contributed by atoms with E-state index in [-0.39, 0.29) is 25.1 Å². The maximum atomic E-state index is 12.6.